The van der Waals surface area contributed by atoms with Crippen molar-refractivity contribution < 1.29 is 18.1 Å². The Morgan fingerprint density at radius 1 is 1.50 bits per heavy atom. The molecular weight excluding hydrogens is 312 g/mol. The predicted molar refractivity (Wildman–Crippen MR) is 79.8 cm³/mol. The number of primary sulfonamides is 1. The van der Waals surface area contributed by atoms with Crippen LogP contribution in [0.15, 0.2) is 24.3 Å². The number of likely N-dealkylation sites (tertiary alicyclic amines) is 1. The molecule has 22 heavy (non-hydrogen) atoms. The van der Waals surface area contributed by atoms with Crippen LogP contribution in [0.25, 0.3) is 0 Å². The molecule has 1 saturated heterocycles. The number of amides is 2. The van der Waals surface area contributed by atoms with Gasteiger partial charge >= 0.3 is 6.03 Å². The van der Waals surface area contributed by atoms with Gasteiger partial charge in [0.05, 0.1) is 10.7 Å². The lowest BCUT2D eigenvalue weighted by Gasteiger charge is -2.24. The van der Waals surface area contributed by atoms with E-state index in [0.717, 1.165) is 0 Å². The largest absolute Gasteiger partial charge is 0.322 e. The third-order valence-corrected chi connectivity index (χ3v) is 4.22. The number of urea groups is 1. The van der Waals surface area contributed by atoms with Gasteiger partial charge in [-0.05, 0) is 18.9 Å². The number of non-ortho nitro benzene ring substituents is 1. The van der Waals surface area contributed by atoms with Crippen molar-refractivity contribution in [2.24, 2.45) is 5.14 Å². The summed E-state index contributed by atoms with van der Waals surface area (Å²) >= 11 is 0. The van der Waals surface area contributed by atoms with E-state index in [9.17, 15) is 23.3 Å². The third kappa shape index (κ3) is 4.15. The van der Waals surface area contributed by atoms with Gasteiger partial charge in [0.2, 0.25) is 10.0 Å². The number of sulfonamides is 1. The number of hydrogen-bond acceptors (Lipinski definition) is 5. The normalized spacial score (nSPS) is 18.2. The predicted octanol–water partition coefficient (Wildman–Crippen LogP) is 0.880. The molecule has 0 spiro atoms. The second kappa shape index (κ2) is 6.28. The minimum absolute atomic E-state index is 0.139. The molecule has 1 aromatic rings. The zero-order chi connectivity index (χ0) is 16.3. The number of anilines is 1. The van der Waals surface area contributed by atoms with Gasteiger partial charge in [0.1, 0.15) is 0 Å². The van der Waals surface area contributed by atoms with Crippen molar-refractivity contribution in [3.63, 3.8) is 0 Å². The molecule has 9 nitrogen and oxygen atoms in total. The Balaban J connectivity index is 2.08. The lowest BCUT2D eigenvalue weighted by molar-refractivity contribution is -0.384. The SMILES string of the molecule is NS(=O)(=O)C[C@@H]1CCCN1C(=O)Nc1cccc([N+](=O)[O-])c1. The molecule has 120 valence electrons. The molecule has 0 bridgehead atoms. The van der Waals surface area contributed by atoms with Crippen LogP contribution in [0.3, 0.4) is 0 Å². The number of nitrogens with two attached hydrogens (primary N) is 1. The molecule has 2 rings (SSSR count). The van der Waals surface area contributed by atoms with Crippen molar-refractivity contribution in [2.45, 2.75) is 18.9 Å². The highest BCUT2D eigenvalue weighted by Gasteiger charge is 2.31. The maximum atomic E-state index is 12.2. The number of nitrogens with zero attached hydrogens (tertiary/aromatic N) is 2. The number of nitro benzene ring substituents is 1. The lowest BCUT2D eigenvalue weighted by Crippen LogP contribution is -2.43. The van der Waals surface area contributed by atoms with E-state index >= 15 is 0 Å². The van der Waals surface area contributed by atoms with Gasteiger partial charge in [-0.25, -0.2) is 18.4 Å². The van der Waals surface area contributed by atoms with Crippen LogP contribution in [0, 0.1) is 10.1 Å². The molecule has 0 aliphatic carbocycles. The fraction of sp³-hybridized carbons (Fsp3) is 0.417. The quantitative estimate of drug-likeness (QED) is 0.624. The molecule has 0 aromatic heterocycles. The monoisotopic (exact) mass is 328 g/mol. The van der Waals surface area contributed by atoms with E-state index in [2.05, 4.69) is 5.32 Å². The molecule has 1 heterocycles. The van der Waals surface area contributed by atoms with Gasteiger partial charge in [-0.3, -0.25) is 10.1 Å². The number of hydrogen-bond donors (Lipinski definition) is 2. The Labute approximate surface area is 127 Å². The zero-order valence-electron chi connectivity index (χ0n) is 11.6. The summed E-state index contributed by atoms with van der Waals surface area (Å²) < 4.78 is 22.4. The van der Waals surface area contributed by atoms with Crippen LogP contribution < -0.4 is 10.5 Å². The first-order chi connectivity index (χ1) is 10.3. The maximum Gasteiger partial charge on any atom is 0.322 e. The van der Waals surface area contributed by atoms with Crippen LogP contribution in [0.4, 0.5) is 16.2 Å². The molecule has 1 fully saturated rings. The summed E-state index contributed by atoms with van der Waals surface area (Å²) in [4.78, 5) is 23.7. The van der Waals surface area contributed by atoms with E-state index < -0.39 is 27.0 Å². The van der Waals surface area contributed by atoms with Crippen molar-refractivity contribution >= 4 is 27.4 Å². The van der Waals surface area contributed by atoms with Crippen molar-refractivity contribution in [3.05, 3.63) is 34.4 Å². The fourth-order valence-electron chi connectivity index (χ4n) is 2.44. The number of carbonyl (C=O) groups is 1. The van der Waals surface area contributed by atoms with Crippen molar-refractivity contribution in [1.82, 2.24) is 4.90 Å². The van der Waals surface area contributed by atoms with Gasteiger partial charge in [-0.1, -0.05) is 6.07 Å². The molecule has 1 aliphatic rings. The first-order valence-electron chi connectivity index (χ1n) is 6.59. The highest BCUT2D eigenvalue weighted by molar-refractivity contribution is 7.89. The van der Waals surface area contributed by atoms with E-state index in [1.165, 1.54) is 29.2 Å². The summed E-state index contributed by atoms with van der Waals surface area (Å²) in [6.07, 6.45) is 1.24. The van der Waals surface area contributed by atoms with Crippen LogP contribution in [0.1, 0.15) is 12.8 Å². The number of nitro groups is 1. The van der Waals surface area contributed by atoms with Crippen LogP contribution in [-0.4, -0.2) is 42.6 Å². The van der Waals surface area contributed by atoms with Crippen LogP contribution in [-0.2, 0) is 10.0 Å². The Kier molecular flexibility index (Phi) is 4.62. The van der Waals surface area contributed by atoms with Crippen LogP contribution in [0.5, 0.6) is 0 Å². The number of rotatable bonds is 4. The smallest absolute Gasteiger partial charge is 0.320 e. The number of carbonyl (C=O) groups excluding carboxylic acids is 1. The molecule has 0 unspecified atom stereocenters. The molecule has 0 radical (unpaired) electrons. The van der Waals surface area contributed by atoms with Crippen molar-refractivity contribution in [2.75, 3.05) is 17.6 Å². The summed E-state index contributed by atoms with van der Waals surface area (Å²) in [5.74, 6) is -0.296. The molecule has 1 aliphatic heterocycles. The van der Waals surface area contributed by atoms with Crippen LogP contribution in [0.2, 0.25) is 0 Å². The zero-order valence-corrected chi connectivity index (χ0v) is 12.5. The molecule has 2 amide bonds. The van der Waals surface area contributed by atoms with E-state index in [1.54, 1.807) is 0 Å². The fourth-order valence-corrected chi connectivity index (χ4v) is 3.32. The molecule has 3 N–H and O–H groups in total. The molecule has 0 saturated carbocycles. The average Bonchev–Trinajstić information content (AvgIpc) is 2.84. The average molecular weight is 328 g/mol. The second-order valence-corrected chi connectivity index (χ2v) is 6.72. The second-order valence-electron chi connectivity index (χ2n) is 5.06. The Hall–Kier alpha value is -2.20. The summed E-state index contributed by atoms with van der Waals surface area (Å²) in [7, 11) is -3.68. The van der Waals surface area contributed by atoms with Crippen molar-refractivity contribution in [3.8, 4) is 0 Å². The van der Waals surface area contributed by atoms with Gasteiger partial charge in [-0.2, -0.15) is 0 Å². The minimum atomic E-state index is -3.68. The molecule has 10 heteroatoms. The van der Waals surface area contributed by atoms with Gasteiger partial charge in [0, 0.05) is 30.4 Å². The number of nitrogens with one attached hydrogen (secondary N) is 1. The van der Waals surface area contributed by atoms with Gasteiger partial charge in [-0.15, -0.1) is 0 Å². The van der Waals surface area contributed by atoms with E-state index in [-0.39, 0.29) is 17.1 Å². The van der Waals surface area contributed by atoms with Crippen LogP contribution >= 0.6 is 0 Å². The first-order valence-corrected chi connectivity index (χ1v) is 8.30. The maximum absolute atomic E-state index is 12.2. The molecular formula is C12H16N4O5S. The van der Waals surface area contributed by atoms with E-state index in [0.29, 0.717) is 19.4 Å². The van der Waals surface area contributed by atoms with Gasteiger partial charge in [0.15, 0.2) is 0 Å². The summed E-state index contributed by atoms with van der Waals surface area (Å²) in [6.45, 7) is 0.418. The lowest BCUT2D eigenvalue weighted by atomic mass is 10.2. The topological polar surface area (TPSA) is 136 Å². The molecule has 1 atom stereocenters. The number of benzene rings is 1. The minimum Gasteiger partial charge on any atom is -0.320 e. The van der Waals surface area contributed by atoms with E-state index in [4.69, 9.17) is 5.14 Å². The summed E-state index contributed by atoms with van der Waals surface area (Å²) in [5, 5.41) is 18.3. The standard InChI is InChI=1S/C12H16N4O5S/c13-22(20,21)8-11-5-2-6-15(11)12(17)14-9-3-1-4-10(7-9)16(18)19/h1,3-4,7,11H,2,5-6,8H2,(H,14,17)(H2,13,20,21)/t11-/m0/s1. The third-order valence-electron chi connectivity index (χ3n) is 3.37. The highest BCUT2D eigenvalue weighted by atomic mass is 32.2. The summed E-state index contributed by atoms with van der Waals surface area (Å²) in [6, 6.07) is 4.56. The Morgan fingerprint density at radius 3 is 2.86 bits per heavy atom. The van der Waals surface area contributed by atoms with E-state index in [1.807, 2.05) is 0 Å². The molecule has 1 aromatic carbocycles. The first kappa shape index (κ1) is 16.2. The summed E-state index contributed by atoms with van der Waals surface area (Å²) in [5.41, 5.74) is 0.140. The Morgan fingerprint density at radius 2 is 2.23 bits per heavy atom. The van der Waals surface area contributed by atoms with Gasteiger partial charge < -0.3 is 10.2 Å². The van der Waals surface area contributed by atoms with Gasteiger partial charge in [0.25, 0.3) is 5.69 Å². The highest BCUT2D eigenvalue weighted by Crippen LogP contribution is 2.21. The van der Waals surface area contributed by atoms with Crippen molar-refractivity contribution in [1.29, 1.82) is 0 Å². The Bertz CT molecular complexity index is 691.